The number of hydrogen-bond acceptors (Lipinski definition) is 6. The molecule has 1 atom stereocenters. The first kappa shape index (κ1) is 16.4. The fraction of sp³-hybridized carbons (Fsp3) is 0.615. The number of nitrogens with one attached hydrogen (secondary N) is 2. The first-order valence-corrected chi connectivity index (χ1v) is 7.48. The van der Waals surface area contributed by atoms with Gasteiger partial charge in [0.15, 0.2) is 5.69 Å². The Hall–Kier alpha value is -1.63. The van der Waals surface area contributed by atoms with E-state index in [1.54, 1.807) is 19.4 Å². The topological polar surface area (TPSA) is 80.3 Å². The van der Waals surface area contributed by atoms with E-state index in [-0.39, 0.29) is 11.6 Å². The zero-order valence-corrected chi connectivity index (χ0v) is 13.0. The summed E-state index contributed by atoms with van der Waals surface area (Å²) in [6.45, 7) is 8.45. The van der Waals surface area contributed by atoms with Gasteiger partial charge in [0.2, 0.25) is 5.91 Å². The normalized spacial score (nSPS) is 12.1. The van der Waals surface area contributed by atoms with Gasteiger partial charge in [-0.3, -0.25) is 4.79 Å². The lowest BCUT2D eigenvalue weighted by atomic mass is 10.2. The molecule has 6 nitrogen and oxygen atoms in total. The molecule has 2 N–H and O–H groups in total. The van der Waals surface area contributed by atoms with E-state index in [0.29, 0.717) is 24.1 Å². The van der Waals surface area contributed by atoms with Crippen LogP contribution in [0.3, 0.4) is 0 Å². The number of hydrogen-bond donors (Lipinski definition) is 2. The molecule has 0 aliphatic rings. The molecule has 0 spiro atoms. The van der Waals surface area contributed by atoms with Gasteiger partial charge in [-0.15, -0.1) is 11.3 Å². The zero-order chi connectivity index (χ0) is 15.1. The van der Waals surface area contributed by atoms with Gasteiger partial charge in [0, 0.05) is 6.54 Å². The molecule has 0 saturated carbocycles. The van der Waals surface area contributed by atoms with Crippen molar-refractivity contribution in [2.75, 3.05) is 18.5 Å². The summed E-state index contributed by atoms with van der Waals surface area (Å²) in [5, 5.41) is 6.38. The molecule has 0 aliphatic heterocycles. The van der Waals surface area contributed by atoms with Gasteiger partial charge < -0.3 is 15.4 Å². The van der Waals surface area contributed by atoms with E-state index in [1.807, 2.05) is 13.8 Å². The van der Waals surface area contributed by atoms with Crippen molar-refractivity contribution in [2.24, 2.45) is 5.92 Å². The van der Waals surface area contributed by atoms with Gasteiger partial charge in [-0.1, -0.05) is 13.8 Å². The largest absolute Gasteiger partial charge is 0.461 e. The molecular weight excluding hydrogens is 278 g/mol. The second-order valence-electron chi connectivity index (χ2n) is 4.76. The highest BCUT2D eigenvalue weighted by atomic mass is 32.1. The Balaban J connectivity index is 2.62. The number of aromatic nitrogens is 1. The third-order valence-corrected chi connectivity index (χ3v) is 3.22. The van der Waals surface area contributed by atoms with Crippen LogP contribution in [0.5, 0.6) is 0 Å². The summed E-state index contributed by atoms with van der Waals surface area (Å²) in [6, 6.07) is -0.442. The lowest BCUT2D eigenvalue weighted by Crippen LogP contribution is -2.39. The van der Waals surface area contributed by atoms with E-state index in [0.717, 1.165) is 0 Å². The minimum Gasteiger partial charge on any atom is -0.461 e. The molecule has 1 amide bonds. The van der Waals surface area contributed by atoms with Crippen LogP contribution in [0, 0.1) is 5.92 Å². The maximum Gasteiger partial charge on any atom is 0.360 e. The number of carbonyl (C=O) groups excluding carboxylic acids is 2. The smallest absolute Gasteiger partial charge is 0.360 e. The second-order valence-corrected chi connectivity index (χ2v) is 5.61. The average Bonchev–Trinajstić information content (AvgIpc) is 2.84. The van der Waals surface area contributed by atoms with Crippen molar-refractivity contribution in [1.29, 1.82) is 0 Å². The molecule has 1 aromatic rings. The fourth-order valence-electron chi connectivity index (χ4n) is 1.41. The number of rotatable bonds is 7. The summed E-state index contributed by atoms with van der Waals surface area (Å²) in [4.78, 5) is 27.5. The van der Waals surface area contributed by atoms with Crippen LogP contribution in [0.4, 0.5) is 5.00 Å². The molecule has 0 bridgehead atoms. The highest BCUT2D eigenvalue weighted by molar-refractivity contribution is 7.14. The highest BCUT2D eigenvalue weighted by Gasteiger charge is 2.20. The first-order chi connectivity index (χ1) is 9.45. The molecule has 0 fully saturated rings. The van der Waals surface area contributed by atoms with E-state index >= 15 is 0 Å². The molecule has 1 rings (SSSR count). The van der Waals surface area contributed by atoms with Crippen LogP contribution in [0.2, 0.25) is 0 Å². The third-order valence-electron chi connectivity index (χ3n) is 2.46. The van der Waals surface area contributed by atoms with Crippen LogP contribution >= 0.6 is 11.3 Å². The molecule has 0 radical (unpaired) electrons. The lowest BCUT2D eigenvalue weighted by Gasteiger charge is -2.15. The number of amides is 1. The molecule has 0 aliphatic carbocycles. The molecule has 0 saturated heterocycles. The molecule has 1 aromatic heterocycles. The van der Waals surface area contributed by atoms with Gasteiger partial charge in [0.25, 0.3) is 0 Å². The summed E-state index contributed by atoms with van der Waals surface area (Å²) in [6.07, 6.45) is 0. The fourth-order valence-corrected chi connectivity index (χ4v) is 2.17. The van der Waals surface area contributed by atoms with Gasteiger partial charge >= 0.3 is 5.97 Å². The van der Waals surface area contributed by atoms with Crippen molar-refractivity contribution in [3.05, 3.63) is 11.2 Å². The predicted molar refractivity (Wildman–Crippen MR) is 79.0 cm³/mol. The summed E-state index contributed by atoms with van der Waals surface area (Å²) in [5.74, 6) is -0.197. The highest BCUT2D eigenvalue weighted by Crippen LogP contribution is 2.21. The number of esters is 1. The van der Waals surface area contributed by atoms with E-state index in [2.05, 4.69) is 15.6 Å². The van der Waals surface area contributed by atoms with Crippen molar-refractivity contribution < 1.29 is 14.3 Å². The number of thiazole rings is 1. The quantitative estimate of drug-likeness (QED) is 0.752. The van der Waals surface area contributed by atoms with E-state index < -0.39 is 12.0 Å². The number of ether oxygens (including phenoxy) is 1. The molecule has 7 heteroatoms. The molecule has 112 valence electrons. The van der Waals surface area contributed by atoms with Crippen molar-refractivity contribution >= 4 is 28.2 Å². The van der Waals surface area contributed by atoms with Crippen LogP contribution in [0.15, 0.2) is 5.51 Å². The summed E-state index contributed by atoms with van der Waals surface area (Å²) in [5.41, 5.74) is 1.77. The minimum absolute atomic E-state index is 0.109. The van der Waals surface area contributed by atoms with Crippen LogP contribution < -0.4 is 10.6 Å². The maximum atomic E-state index is 11.9. The average molecular weight is 299 g/mol. The number of anilines is 1. The molecule has 0 aromatic carbocycles. The Bertz CT molecular complexity index is 459. The molecular formula is C13H21N3O3S. The molecule has 1 unspecified atom stereocenters. The summed E-state index contributed by atoms with van der Waals surface area (Å²) >= 11 is 1.27. The van der Waals surface area contributed by atoms with Crippen LogP contribution in [-0.2, 0) is 9.53 Å². The Morgan fingerprint density at radius 2 is 2.10 bits per heavy atom. The van der Waals surface area contributed by atoms with Crippen molar-refractivity contribution in [3.63, 3.8) is 0 Å². The summed E-state index contributed by atoms with van der Waals surface area (Å²) in [7, 11) is 0. The second kappa shape index (κ2) is 7.84. The standard InChI is InChI=1S/C13H21N3O3S/c1-5-19-13(18)10-12(20-7-15-10)16-9(4)11(17)14-6-8(2)3/h7-9,16H,5-6H2,1-4H3,(H,14,17). The first-order valence-electron chi connectivity index (χ1n) is 6.60. The van der Waals surface area contributed by atoms with Crippen molar-refractivity contribution in [2.45, 2.75) is 33.7 Å². The van der Waals surface area contributed by atoms with Gasteiger partial charge in [0.05, 0.1) is 12.1 Å². The zero-order valence-electron chi connectivity index (χ0n) is 12.2. The van der Waals surface area contributed by atoms with Gasteiger partial charge in [-0.25, -0.2) is 9.78 Å². The lowest BCUT2D eigenvalue weighted by molar-refractivity contribution is -0.121. The van der Waals surface area contributed by atoms with Gasteiger partial charge in [0.1, 0.15) is 11.0 Å². The number of nitrogens with zero attached hydrogens (tertiary/aromatic N) is 1. The Morgan fingerprint density at radius 3 is 2.70 bits per heavy atom. The van der Waals surface area contributed by atoms with Crippen LogP contribution in [0.25, 0.3) is 0 Å². The Kier molecular flexibility index (Phi) is 6.44. The predicted octanol–water partition coefficient (Wildman–Crippen LogP) is 1.89. The monoisotopic (exact) mass is 299 g/mol. The third kappa shape index (κ3) is 4.80. The van der Waals surface area contributed by atoms with Gasteiger partial charge in [-0.05, 0) is 19.8 Å². The van der Waals surface area contributed by atoms with Crippen molar-refractivity contribution in [3.8, 4) is 0 Å². The molecule has 1 heterocycles. The number of carbonyl (C=O) groups is 2. The summed E-state index contributed by atoms with van der Waals surface area (Å²) < 4.78 is 4.91. The van der Waals surface area contributed by atoms with Crippen LogP contribution in [0.1, 0.15) is 38.2 Å². The Labute approximate surface area is 122 Å². The Morgan fingerprint density at radius 1 is 1.40 bits per heavy atom. The van der Waals surface area contributed by atoms with Crippen molar-refractivity contribution in [1.82, 2.24) is 10.3 Å². The minimum atomic E-state index is -0.481. The van der Waals surface area contributed by atoms with E-state index in [1.165, 1.54) is 11.3 Å². The molecule has 20 heavy (non-hydrogen) atoms. The van der Waals surface area contributed by atoms with E-state index in [9.17, 15) is 9.59 Å². The maximum absolute atomic E-state index is 11.9. The van der Waals surface area contributed by atoms with E-state index in [4.69, 9.17) is 4.74 Å². The van der Waals surface area contributed by atoms with Crippen LogP contribution in [-0.4, -0.2) is 36.1 Å². The van der Waals surface area contributed by atoms with Gasteiger partial charge in [-0.2, -0.15) is 0 Å². The SMILES string of the molecule is CCOC(=O)c1ncsc1NC(C)C(=O)NCC(C)C.